The summed E-state index contributed by atoms with van der Waals surface area (Å²) in [5.41, 5.74) is 1.94. The van der Waals surface area contributed by atoms with Crippen LogP contribution in [0.4, 0.5) is 18.9 Å². The fraction of sp³-hybridized carbons (Fsp3) is 0.381. The molecule has 1 aromatic carbocycles. The van der Waals surface area contributed by atoms with Crippen molar-refractivity contribution >= 4 is 32.7 Å². The van der Waals surface area contributed by atoms with Crippen LogP contribution in [0.1, 0.15) is 55.7 Å². The van der Waals surface area contributed by atoms with Crippen LogP contribution in [0, 0.1) is 0 Å². The first-order chi connectivity index (χ1) is 15.3. The van der Waals surface area contributed by atoms with E-state index in [9.17, 15) is 26.4 Å². The van der Waals surface area contributed by atoms with Crippen molar-refractivity contribution in [3.05, 3.63) is 47.8 Å². The van der Waals surface area contributed by atoms with Gasteiger partial charge in [-0.05, 0) is 50.1 Å². The average molecular weight is 484 g/mol. The average Bonchev–Trinajstić information content (AvgIpc) is 3.16. The molecule has 1 amide bonds. The highest BCUT2D eigenvalue weighted by Gasteiger charge is 2.30. The Morgan fingerprint density at radius 1 is 1.12 bits per heavy atom. The first-order valence-electron chi connectivity index (χ1n) is 10.1. The molecular weight excluding hydrogens is 459 g/mol. The van der Waals surface area contributed by atoms with E-state index in [1.54, 1.807) is 16.9 Å². The number of carbonyl (C=O) groups is 1. The highest BCUT2D eigenvalue weighted by atomic mass is 32.2. The minimum absolute atomic E-state index is 0.0359. The zero-order valence-electron chi connectivity index (χ0n) is 18.4. The number of rotatable bonds is 7. The molecule has 0 fully saturated rings. The lowest BCUT2D eigenvalue weighted by atomic mass is 10.0. The summed E-state index contributed by atoms with van der Waals surface area (Å²) < 4.78 is 64.2. The summed E-state index contributed by atoms with van der Waals surface area (Å²) in [6.07, 6.45) is -3.10. The van der Waals surface area contributed by atoms with E-state index >= 15 is 0 Å². The van der Waals surface area contributed by atoms with Crippen LogP contribution in [-0.2, 0) is 10.0 Å². The van der Waals surface area contributed by atoms with Crippen LogP contribution in [0.5, 0.6) is 0 Å². The summed E-state index contributed by atoms with van der Waals surface area (Å²) >= 11 is 0. The topological polar surface area (TPSA) is 106 Å². The molecule has 3 aromatic rings. The van der Waals surface area contributed by atoms with Gasteiger partial charge in [0, 0.05) is 17.4 Å². The third-order valence-corrected chi connectivity index (χ3v) is 6.21. The van der Waals surface area contributed by atoms with Crippen molar-refractivity contribution in [3.8, 4) is 0 Å². The number of benzene rings is 1. The molecule has 0 atom stereocenters. The highest BCUT2D eigenvalue weighted by molar-refractivity contribution is 7.89. The van der Waals surface area contributed by atoms with Crippen LogP contribution < -0.4 is 10.0 Å². The maximum Gasteiger partial charge on any atom is 0.402 e. The number of carbonyl (C=O) groups excluding carboxylic acids is 1. The van der Waals surface area contributed by atoms with E-state index < -0.39 is 28.7 Å². The standard InChI is InChI=1S/C21H24F3N5O3S/c1-12(2)18-9-16(17-10-25-29(13(3)4)19(17)28-18)20(30)27-14-5-7-15(8-6-14)33(31,32)26-11-21(22,23)24/h5-10,12-13,26H,11H2,1-4H3,(H,27,30). The van der Waals surface area contributed by atoms with Gasteiger partial charge >= 0.3 is 6.18 Å². The summed E-state index contributed by atoms with van der Waals surface area (Å²) in [5.74, 6) is -0.386. The molecule has 3 rings (SSSR count). The molecule has 0 radical (unpaired) electrons. The lowest BCUT2D eigenvalue weighted by Gasteiger charge is -2.13. The smallest absolute Gasteiger partial charge is 0.322 e. The number of nitrogens with zero attached hydrogens (tertiary/aromatic N) is 3. The molecule has 0 saturated carbocycles. The number of sulfonamides is 1. The van der Waals surface area contributed by atoms with Crippen molar-refractivity contribution in [1.29, 1.82) is 0 Å². The van der Waals surface area contributed by atoms with Crippen LogP contribution in [0.15, 0.2) is 41.4 Å². The van der Waals surface area contributed by atoms with Gasteiger partial charge in [-0.3, -0.25) is 4.79 Å². The molecule has 33 heavy (non-hydrogen) atoms. The largest absolute Gasteiger partial charge is 0.402 e. The van der Waals surface area contributed by atoms with E-state index in [1.807, 2.05) is 27.7 Å². The molecule has 2 heterocycles. The maximum absolute atomic E-state index is 13.0. The zero-order valence-corrected chi connectivity index (χ0v) is 19.3. The van der Waals surface area contributed by atoms with E-state index in [-0.39, 0.29) is 22.5 Å². The lowest BCUT2D eigenvalue weighted by Crippen LogP contribution is -2.33. The Morgan fingerprint density at radius 2 is 1.76 bits per heavy atom. The van der Waals surface area contributed by atoms with Gasteiger partial charge in [0.25, 0.3) is 5.91 Å². The SMILES string of the molecule is CC(C)c1cc(C(=O)Nc2ccc(S(=O)(=O)NCC(F)(F)F)cc2)c2cnn(C(C)C)c2n1. The van der Waals surface area contributed by atoms with Gasteiger partial charge < -0.3 is 5.32 Å². The van der Waals surface area contributed by atoms with Gasteiger partial charge in [-0.2, -0.15) is 18.3 Å². The van der Waals surface area contributed by atoms with Gasteiger partial charge in [0.2, 0.25) is 10.0 Å². The van der Waals surface area contributed by atoms with Crippen LogP contribution in [0.25, 0.3) is 11.0 Å². The van der Waals surface area contributed by atoms with Crippen molar-refractivity contribution < 1.29 is 26.4 Å². The van der Waals surface area contributed by atoms with Crippen molar-refractivity contribution in [3.63, 3.8) is 0 Å². The highest BCUT2D eigenvalue weighted by Crippen LogP contribution is 2.25. The molecule has 12 heteroatoms. The quantitative estimate of drug-likeness (QED) is 0.523. The fourth-order valence-corrected chi connectivity index (χ4v) is 4.09. The van der Waals surface area contributed by atoms with Crippen molar-refractivity contribution in [2.24, 2.45) is 0 Å². The normalized spacial score (nSPS) is 12.6. The Bertz CT molecular complexity index is 1270. The summed E-state index contributed by atoms with van der Waals surface area (Å²) in [6, 6.07) is 6.57. The van der Waals surface area contributed by atoms with Gasteiger partial charge in [-0.15, -0.1) is 0 Å². The third-order valence-electron chi connectivity index (χ3n) is 4.80. The molecule has 0 unspecified atom stereocenters. The van der Waals surface area contributed by atoms with Crippen LogP contribution in [0.3, 0.4) is 0 Å². The molecule has 0 aliphatic rings. The van der Waals surface area contributed by atoms with Crippen molar-refractivity contribution in [2.45, 2.75) is 50.7 Å². The summed E-state index contributed by atoms with van der Waals surface area (Å²) in [4.78, 5) is 17.3. The minimum atomic E-state index is -4.67. The van der Waals surface area contributed by atoms with E-state index in [0.29, 0.717) is 22.3 Å². The van der Waals surface area contributed by atoms with Gasteiger partial charge in [-0.1, -0.05) is 13.8 Å². The number of amides is 1. The van der Waals surface area contributed by atoms with Crippen molar-refractivity contribution in [1.82, 2.24) is 19.5 Å². The number of fused-ring (bicyclic) bond motifs is 1. The minimum Gasteiger partial charge on any atom is -0.322 e. The van der Waals surface area contributed by atoms with E-state index in [0.717, 1.165) is 12.1 Å². The fourth-order valence-electron chi connectivity index (χ4n) is 3.07. The number of aromatic nitrogens is 3. The van der Waals surface area contributed by atoms with Gasteiger partial charge in [-0.25, -0.2) is 22.8 Å². The predicted octanol–water partition coefficient (Wildman–Crippen LogP) is 4.23. The monoisotopic (exact) mass is 483 g/mol. The number of halogens is 3. The number of nitrogens with one attached hydrogen (secondary N) is 2. The molecule has 0 saturated heterocycles. The van der Waals surface area contributed by atoms with Gasteiger partial charge in [0.1, 0.15) is 6.54 Å². The second-order valence-corrected chi connectivity index (χ2v) is 9.85. The van der Waals surface area contributed by atoms with Gasteiger partial charge in [0.15, 0.2) is 5.65 Å². The van der Waals surface area contributed by atoms with Crippen LogP contribution in [0.2, 0.25) is 0 Å². The number of hydrogen-bond acceptors (Lipinski definition) is 5. The molecule has 178 valence electrons. The molecule has 2 N–H and O–H groups in total. The van der Waals surface area contributed by atoms with Gasteiger partial charge in [0.05, 0.1) is 22.0 Å². The van der Waals surface area contributed by atoms with E-state index in [1.165, 1.54) is 16.9 Å². The molecule has 2 aromatic heterocycles. The Hall–Kier alpha value is -2.99. The van der Waals surface area contributed by atoms with Crippen LogP contribution >= 0.6 is 0 Å². The second kappa shape index (κ2) is 9.10. The number of pyridine rings is 1. The summed E-state index contributed by atoms with van der Waals surface area (Å²) in [7, 11) is -4.34. The Kier molecular flexibility index (Phi) is 6.80. The third kappa shape index (κ3) is 5.69. The van der Waals surface area contributed by atoms with E-state index in [2.05, 4.69) is 15.4 Å². The lowest BCUT2D eigenvalue weighted by molar-refractivity contribution is -0.121. The molecule has 0 aliphatic carbocycles. The molecule has 0 spiro atoms. The Balaban J connectivity index is 1.87. The second-order valence-electron chi connectivity index (χ2n) is 8.09. The first kappa shape index (κ1) is 24.6. The molecular formula is C21H24F3N5O3S. The summed E-state index contributed by atoms with van der Waals surface area (Å²) in [5, 5.41) is 7.60. The number of hydrogen-bond donors (Lipinski definition) is 2. The predicted molar refractivity (Wildman–Crippen MR) is 118 cm³/mol. The molecule has 0 bridgehead atoms. The molecule has 0 aliphatic heterocycles. The number of alkyl halides is 3. The van der Waals surface area contributed by atoms with E-state index in [4.69, 9.17) is 0 Å². The Morgan fingerprint density at radius 3 is 2.30 bits per heavy atom. The summed E-state index contributed by atoms with van der Waals surface area (Å²) in [6.45, 7) is 6.15. The zero-order chi connectivity index (χ0) is 24.6. The van der Waals surface area contributed by atoms with Crippen molar-refractivity contribution in [2.75, 3.05) is 11.9 Å². The van der Waals surface area contributed by atoms with Crippen LogP contribution in [-0.4, -0.2) is 41.8 Å². The maximum atomic E-state index is 13.0. The first-order valence-corrected chi connectivity index (χ1v) is 11.6. The Labute approximate surface area is 189 Å². The number of anilines is 1. The molecule has 8 nitrogen and oxygen atoms in total.